The maximum atomic E-state index is 4.50. The molecule has 0 amide bonds. The first-order valence-corrected chi connectivity index (χ1v) is 5.76. The molecule has 2 heterocycles. The second kappa shape index (κ2) is 3.74. The van der Waals surface area contributed by atoms with Gasteiger partial charge in [0.1, 0.15) is 0 Å². The summed E-state index contributed by atoms with van der Waals surface area (Å²) in [5.74, 6) is 0. The third-order valence-electron chi connectivity index (χ3n) is 3.28. The number of nitrogens with zero attached hydrogens (tertiary/aromatic N) is 1. The molecule has 0 bridgehead atoms. The predicted molar refractivity (Wildman–Crippen MR) is 71.0 cm³/mol. The number of hydrogen-bond donors (Lipinski definition) is 1. The van der Waals surface area contributed by atoms with Crippen LogP contribution in [0.5, 0.6) is 0 Å². The number of nitrogens with one attached hydrogen (secondary N) is 1. The molecule has 0 aliphatic carbocycles. The summed E-state index contributed by atoms with van der Waals surface area (Å²) in [6.07, 6.45) is 1.88. The van der Waals surface area contributed by atoms with Gasteiger partial charge in [-0.3, -0.25) is 4.98 Å². The molecule has 2 aromatic heterocycles. The van der Waals surface area contributed by atoms with Gasteiger partial charge in [0.15, 0.2) is 0 Å². The first kappa shape index (κ1) is 10.1. The molecule has 2 heteroatoms. The van der Waals surface area contributed by atoms with E-state index in [1.54, 1.807) is 0 Å². The van der Waals surface area contributed by atoms with Crippen LogP contribution in [0.3, 0.4) is 0 Å². The van der Waals surface area contributed by atoms with Gasteiger partial charge in [0.05, 0.1) is 11.2 Å². The molecule has 0 fully saturated rings. The van der Waals surface area contributed by atoms with Gasteiger partial charge in [-0.1, -0.05) is 30.3 Å². The Morgan fingerprint density at radius 1 is 1.00 bits per heavy atom. The highest BCUT2D eigenvalue weighted by atomic mass is 14.8. The molecule has 1 aromatic carbocycles. The molecule has 0 spiro atoms. The average molecular weight is 222 g/mol. The highest BCUT2D eigenvalue weighted by Gasteiger charge is 2.09. The van der Waals surface area contributed by atoms with E-state index in [2.05, 4.69) is 42.0 Å². The number of aromatic nitrogens is 2. The summed E-state index contributed by atoms with van der Waals surface area (Å²) >= 11 is 0. The van der Waals surface area contributed by atoms with Crippen molar-refractivity contribution in [3.05, 3.63) is 53.9 Å². The lowest BCUT2D eigenvalue weighted by Crippen LogP contribution is -1.84. The summed E-state index contributed by atoms with van der Waals surface area (Å²) in [5.41, 5.74) is 5.83. The molecule has 0 aliphatic rings. The molecule has 0 unspecified atom stereocenters. The van der Waals surface area contributed by atoms with Crippen LogP contribution >= 0.6 is 0 Å². The average Bonchev–Trinajstić information content (AvgIpc) is 2.67. The largest absolute Gasteiger partial charge is 0.357 e. The van der Waals surface area contributed by atoms with Gasteiger partial charge in [-0.05, 0) is 25.5 Å². The molecular formula is C15H14N2. The number of pyridine rings is 1. The maximum Gasteiger partial charge on any atom is 0.0942 e. The van der Waals surface area contributed by atoms with Gasteiger partial charge < -0.3 is 4.98 Å². The first-order chi connectivity index (χ1) is 8.27. The minimum atomic E-state index is 1.03. The standard InChI is InChI=1S/C15H14N2/c1-10-11(2)17-15-13(10)8-9-16-14(15)12-6-4-3-5-7-12/h3-9,17H,1-2H3. The fourth-order valence-corrected chi connectivity index (χ4v) is 2.20. The number of aromatic amines is 1. The number of aryl methyl sites for hydroxylation is 2. The zero-order chi connectivity index (χ0) is 11.8. The highest BCUT2D eigenvalue weighted by Crippen LogP contribution is 2.28. The molecule has 2 nitrogen and oxygen atoms in total. The minimum Gasteiger partial charge on any atom is -0.357 e. The fourth-order valence-electron chi connectivity index (χ4n) is 2.20. The van der Waals surface area contributed by atoms with Gasteiger partial charge in [0, 0.05) is 22.8 Å². The van der Waals surface area contributed by atoms with Crippen LogP contribution in [0, 0.1) is 13.8 Å². The van der Waals surface area contributed by atoms with Crippen LogP contribution in [0.15, 0.2) is 42.6 Å². The summed E-state index contributed by atoms with van der Waals surface area (Å²) in [4.78, 5) is 7.93. The normalized spacial score (nSPS) is 10.9. The molecule has 0 atom stereocenters. The van der Waals surface area contributed by atoms with E-state index >= 15 is 0 Å². The number of hydrogen-bond acceptors (Lipinski definition) is 1. The lowest BCUT2D eigenvalue weighted by molar-refractivity contribution is 1.25. The van der Waals surface area contributed by atoms with E-state index in [0.717, 1.165) is 16.8 Å². The maximum absolute atomic E-state index is 4.50. The van der Waals surface area contributed by atoms with E-state index in [1.807, 2.05) is 24.4 Å². The Morgan fingerprint density at radius 3 is 2.53 bits per heavy atom. The molecule has 0 aliphatic heterocycles. The van der Waals surface area contributed by atoms with Gasteiger partial charge >= 0.3 is 0 Å². The molecule has 3 aromatic rings. The number of rotatable bonds is 1. The number of H-pyrrole nitrogens is 1. The van der Waals surface area contributed by atoms with Gasteiger partial charge in [-0.2, -0.15) is 0 Å². The van der Waals surface area contributed by atoms with Gasteiger partial charge in [-0.25, -0.2) is 0 Å². The summed E-state index contributed by atoms with van der Waals surface area (Å²) in [6, 6.07) is 12.4. The summed E-state index contributed by atoms with van der Waals surface area (Å²) < 4.78 is 0. The smallest absolute Gasteiger partial charge is 0.0942 e. The van der Waals surface area contributed by atoms with Crippen molar-refractivity contribution in [2.24, 2.45) is 0 Å². The van der Waals surface area contributed by atoms with Crippen LogP contribution < -0.4 is 0 Å². The third kappa shape index (κ3) is 1.53. The van der Waals surface area contributed by atoms with Crippen LogP contribution in [0.4, 0.5) is 0 Å². The Balaban J connectivity index is 2.35. The Bertz CT molecular complexity index is 666. The van der Waals surface area contributed by atoms with Crippen molar-refractivity contribution in [2.45, 2.75) is 13.8 Å². The first-order valence-electron chi connectivity index (χ1n) is 5.76. The molecule has 17 heavy (non-hydrogen) atoms. The van der Waals surface area contributed by atoms with E-state index in [0.29, 0.717) is 0 Å². The van der Waals surface area contributed by atoms with Crippen LogP contribution in [0.2, 0.25) is 0 Å². The Hall–Kier alpha value is -2.09. The van der Waals surface area contributed by atoms with Crippen molar-refractivity contribution in [2.75, 3.05) is 0 Å². The van der Waals surface area contributed by atoms with Gasteiger partial charge in [-0.15, -0.1) is 0 Å². The second-order valence-corrected chi connectivity index (χ2v) is 4.32. The van der Waals surface area contributed by atoms with Gasteiger partial charge in [0.2, 0.25) is 0 Å². The van der Waals surface area contributed by atoms with Crippen LogP contribution in [-0.4, -0.2) is 9.97 Å². The SMILES string of the molecule is Cc1[nH]c2c(-c3ccccc3)nccc2c1C. The molecule has 1 N–H and O–H groups in total. The summed E-state index contributed by atoms with van der Waals surface area (Å²) in [7, 11) is 0. The van der Waals surface area contributed by atoms with Crippen LogP contribution in [-0.2, 0) is 0 Å². The zero-order valence-corrected chi connectivity index (χ0v) is 9.99. The fraction of sp³-hybridized carbons (Fsp3) is 0.133. The van der Waals surface area contributed by atoms with Crippen molar-refractivity contribution in [3.8, 4) is 11.3 Å². The summed E-state index contributed by atoms with van der Waals surface area (Å²) in [6.45, 7) is 4.24. The van der Waals surface area contributed by atoms with Crippen molar-refractivity contribution in [1.82, 2.24) is 9.97 Å². The van der Waals surface area contributed by atoms with E-state index in [4.69, 9.17) is 0 Å². The van der Waals surface area contributed by atoms with Gasteiger partial charge in [0.25, 0.3) is 0 Å². The van der Waals surface area contributed by atoms with Crippen LogP contribution in [0.1, 0.15) is 11.3 Å². The van der Waals surface area contributed by atoms with Crippen molar-refractivity contribution in [1.29, 1.82) is 0 Å². The van der Waals surface area contributed by atoms with Crippen molar-refractivity contribution < 1.29 is 0 Å². The van der Waals surface area contributed by atoms with E-state index in [1.165, 1.54) is 16.6 Å². The highest BCUT2D eigenvalue weighted by molar-refractivity contribution is 5.94. The van der Waals surface area contributed by atoms with Crippen LogP contribution in [0.25, 0.3) is 22.2 Å². The minimum absolute atomic E-state index is 1.03. The Kier molecular flexibility index (Phi) is 2.22. The van der Waals surface area contributed by atoms with E-state index in [-0.39, 0.29) is 0 Å². The van der Waals surface area contributed by atoms with Crippen molar-refractivity contribution >= 4 is 10.9 Å². The molecule has 0 radical (unpaired) electrons. The molecule has 3 rings (SSSR count). The molecule has 84 valence electrons. The zero-order valence-electron chi connectivity index (χ0n) is 9.99. The number of fused-ring (bicyclic) bond motifs is 1. The monoisotopic (exact) mass is 222 g/mol. The van der Waals surface area contributed by atoms with E-state index in [9.17, 15) is 0 Å². The lowest BCUT2D eigenvalue weighted by atomic mass is 10.1. The second-order valence-electron chi connectivity index (χ2n) is 4.32. The predicted octanol–water partition coefficient (Wildman–Crippen LogP) is 3.85. The molecular weight excluding hydrogens is 208 g/mol. The topological polar surface area (TPSA) is 28.7 Å². The van der Waals surface area contributed by atoms with Crippen molar-refractivity contribution in [3.63, 3.8) is 0 Å². The van der Waals surface area contributed by atoms with E-state index < -0.39 is 0 Å². The quantitative estimate of drug-likeness (QED) is 0.665. The summed E-state index contributed by atoms with van der Waals surface area (Å²) in [5, 5.41) is 1.26. The number of benzene rings is 1. The molecule has 0 saturated carbocycles. The molecule has 0 saturated heterocycles. The Labute approximate surface area is 100 Å². The Morgan fingerprint density at radius 2 is 1.76 bits per heavy atom. The lowest BCUT2D eigenvalue weighted by Gasteiger charge is -2.02. The third-order valence-corrected chi connectivity index (χ3v) is 3.28.